The monoisotopic (exact) mass is 489 g/mol. The minimum Gasteiger partial charge on any atom is -0.367 e. The summed E-state index contributed by atoms with van der Waals surface area (Å²) in [6.45, 7) is 2.01. The maximum absolute atomic E-state index is 14.3. The van der Waals surface area contributed by atoms with Crippen molar-refractivity contribution >= 4 is 22.5 Å². The van der Waals surface area contributed by atoms with Crippen molar-refractivity contribution in [3.8, 4) is 11.4 Å². The Bertz CT molecular complexity index is 1340. The Balaban J connectivity index is 1.39. The maximum atomic E-state index is 14.3. The molecule has 0 bridgehead atoms. The fourth-order valence-electron chi connectivity index (χ4n) is 4.98. The zero-order valence-electron chi connectivity index (χ0n) is 20.0. The first-order valence-corrected chi connectivity index (χ1v) is 12.8. The Morgan fingerprint density at radius 3 is 2.81 bits per heavy atom. The molecule has 3 aromatic heterocycles. The molecule has 2 aliphatic carbocycles. The van der Waals surface area contributed by atoms with E-state index in [1.165, 1.54) is 11.6 Å². The summed E-state index contributed by atoms with van der Waals surface area (Å²) >= 11 is 0. The van der Waals surface area contributed by atoms with E-state index in [9.17, 15) is 8.78 Å². The second-order valence-electron chi connectivity index (χ2n) is 9.74. The second kappa shape index (κ2) is 9.89. The summed E-state index contributed by atoms with van der Waals surface area (Å²) in [4.78, 5) is 18.6. The molecule has 0 aromatic carbocycles. The highest BCUT2D eigenvalue weighted by atomic mass is 19.1. The van der Waals surface area contributed by atoms with Crippen molar-refractivity contribution in [1.29, 1.82) is 0 Å². The molecular formula is C27H29F2N7. The molecule has 4 heterocycles. The highest BCUT2D eigenvalue weighted by molar-refractivity contribution is 5.93. The molecule has 0 radical (unpaired) electrons. The van der Waals surface area contributed by atoms with Gasteiger partial charge in [-0.25, -0.2) is 23.7 Å². The van der Waals surface area contributed by atoms with Gasteiger partial charge in [-0.3, -0.25) is 4.98 Å². The van der Waals surface area contributed by atoms with Crippen LogP contribution < -0.4 is 16.0 Å². The van der Waals surface area contributed by atoms with E-state index < -0.39 is 11.7 Å². The van der Waals surface area contributed by atoms with Crippen molar-refractivity contribution in [1.82, 2.24) is 25.3 Å². The summed E-state index contributed by atoms with van der Waals surface area (Å²) in [5, 5.41) is 11.0. The average molecular weight is 490 g/mol. The minimum absolute atomic E-state index is 0.159. The highest BCUT2D eigenvalue weighted by Crippen LogP contribution is 2.44. The van der Waals surface area contributed by atoms with E-state index in [4.69, 9.17) is 9.97 Å². The summed E-state index contributed by atoms with van der Waals surface area (Å²) in [5.74, 6) is 1.08. The standard InChI is InChI=1S/C27H29F2N7/c28-20-4-1-5-21(29)25(20)35-23-13-17(8-12-32-23)26-34-22-15-31-14-19(16-6-7-16)24(22)27(36-26)33-18-3-2-10-30-11-9-18/h4,8,12-16,18,30H,1-3,5-7,9-11H2,(H,32,35)(H,33,34,36). The normalized spacial score (nSPS) is 20.7. The largest absolute Gasteiger partial charge is 0.367 e. The Hall–Kier alpha value is -3.46. The number of anilines is 2. The molecule has 3 N–H and O–H groups in total. The van der Waals surface area contributed by atoms with E-state index in [0.717, 1.165) is 61.9 Å². The SMILES string of the molecule is FC1=CCCC(F)=C1Nc1cc(-c2nc(NC3CCCNCC3)c3c(C4CC4)cncc3n2)ccn1. The van der Waals surface area contributed by atoms with Crippen LogP contribution in [0.3, 0.4) is 0 Å². The minimum atomic E-state index is -0.601. The van der Waals surface area contributed by atoms with Crippen LogP contribution in [0, 0.1) is 0 Å². The number of allylic oxidation sites excluding steroid dienone is 3. The zero-order chi connectivity index (χ0) is 24.5. The van der Waals surface area contributed by atoms with Crippen LogP contribution in [0.2, 0.25) is 0 Å². The molecule has 1 unspecified atom stereocenters. The van der Waals surface area contributed by atoms with Crippen LogP contribution in [-0.2, 0) is 0 Å². The number of nitrogens with one attached hydrogen (secondary N) is 3. The average Bonchev–Trinajstić information content (AvgIpc) is 3.75. The van der Waals surface area contributed by atoms with Gasteiger partial charge in [0.2, 0.25) is 0 Å². The molecule has 7 nitrogen and oxygen atoms in total. The van der Waals surface area contributed by atoms with Crippen molar-refractivity contribution in [2.45, 2.75) is 56.9 Å². The number of hydrogen-bond donors (Lipinski definition) is 3. The molecule has 3 aliphatic rings. The van der Waals surface area contributed by atoms with Crippen LogP contribution in [0.1, 0.15) is 56.4 Å². The van der Waals surface area contributed by atoms with Crippen molar-refractivity contribution < 1.29 is 8.78 Å². The number of halogens is 2. The molecule has 0 amide bonds. The predicted molar refractivity (Wildman–Crippen MR) is 137 cm³/mol. The summed E-state index contributed by atoms with van der Waals surface area (Å²) in [6, 6.07) is 3.85. The molecule has 3 aromatic rings. The van der Waals surface area contributed by atoms with Crippen LogP contribution in [0.25, 0.3) is 22.3 Å². The van der Waals surface area contributed by atoms with Gasteiger partial charge in [0.1, 0.15) is 29.0 Å². The molecule has 36 heavy (non-hydrogen) atoms. The smallest absolute Gasteiger partial charge is 0.162 e. The lowest BCUT2D eigenvalue weighted by Gasteiger charge is -2.20. The molecule has 1 aliphatic heterocycles. The van der Waals surface area contributed by atoms with Crippen molar-refractivity contribution in [3.63, 3.8) is 0 Å². The number of aromatic nitrogens is 4. The number of pyridine rings is 2. The summed E-state index contributed by atoms with van der Waals surface area (Å²) < 4.78 is 28.5. The Labute approximate surface area is 208 Å². The van der Waals surface area contributed by atoms with Gasteiger partial charge in [-0.05, 0) is 81.3 Å². The topological polar surface area (TPSA) is 87.7 Å². The highest BCUT2D eigenvalue weighted by Gasteiger charge is 2.28. The van der Waals surface area contributed by atoms with Crippen LogP contribution in [0.5, 0.6) is 0 Å². The third kappa shape index (κ3) is 4.80. The number of hydrogen-bond acceptors (Lipinski definition) is 7. The van der Waals surface area contributed by atoms with Gasteiger partial charge in [0.25, 0.3) is 0 Å². The summed E-state index contributed by atoms with van der Waals surface area (Å²) in [6.07, 6.45) is 12.8. The van der Waals surface area contributed by atoms with Crippen molar-refractivity contribution in [3.05, 3.63) is 59.7 Å². The van der Waals surface area contributed by atoms with Crippen molar-refractivity contribution in [2.75, 3.05) is 23.7 Å². The first kappa shape index (κ1) is 23.0. The van der Waals surface area contributed by atoms with Gasteiger partial charge in [0.05, 0.1) is 11.7 Å². The molecule has 9 heteroatoms. The van der Waals surface area contributed by atoms with E-state index in [1.807, 2.05) is 12.3 Å². The van der Waals surface area contributed by atoms with Crippen LogP contribution >= 0.6 is 0 Å². The quantitative estimate of drug-likeness (QED) is 0.406. The first-order valence-electron chi connectivity index (χ1n) is 12.8. The molecular weight excluding hydrogens is 460 g/mol. The molecule has 186 valence electrons. The van der Waals surface area contributed by atoms with Gasteiger partial charge in [-0.1, -0.05) is 0 Å². The Kier molecular flexibility index (Phi) is 6.31. The third-order valence-electron chi connectivity index (χ3n) is 7.04. The predicted octanol–water partition coefficient (Wildman–Crippen LogP) is 5.76. The van der Waals surface area contributed by atoms with Gasteiger partial charge < -0.3 is 16.0 Å². The summed E-state index contributed by atoms with van der Waals surface area (Å²) in [5.41, 5.74) is 2.54. The molecule has 0 spiro atoms. The number of nitrogens with zero attached hydrogens (tertiary/aromatic N) is 4. The molecule has 1 saturated heterocycles. The van der Waals surface area contributed by atoms with E-state index >= 15 is 0 Å². The van der Waals surface area contributed by atoms with Crippen LogP contribution in [-0.4, -0.2) is 39.1 Å². The van der Waals surface area contributed by atoms with Crippen LogP contribution in [0.4, 0.5) is 20.4 Å². The number of rotatable bonds is 6. The Morgan fingerprint density at radius 1 is 1.03 bits per heavy atom. The lowest BCUT2D eigenvalue weighted by atomic mass is 10.1. The van der Waals surface area contributed by atoms with E-state index in [0.29, 0.717) is 35.6 Å². The van der Waals surface area contributed by atoms with Gasteiger partial charge in [0.15, 0.2) is 5.82 Å². The fraction of sp³-hybridized carbons (Fsp3) is 0.407. The lowest BCUT2D eigenvalue weighted by molar-refractivity contribution is 0.543. The van der Waals surface area contributed by atoms with E-state index in [-0.39, 0.29) is 12.1 Å². The van der Waals surface area contributed by atoms with Gasteiger partial charge in [-0.2, -0.15) is 0 Å². The molecule has 6 rings (SSSR count). The zero-order valence-corrected chi connectivity index (χ0v) is 20.0. The van der Waals surface area contributed by atoms with E-state index in [1.54, 1.807) is 18.5 Å². The maximum Gasteiger partial charge on any atom is 0.162 e. The first-order chi connectivity index (χ1) is 17.7. The van der Waals surface area contributed by atoms with Gasteiger partial charge in [0, 0.05) is 35.8 Å². The van der Waals surface area contributed by atoms with E-state index in [2.05, 4.69) is 25.9 Å². The van der Waals surface area contributed by atoms with Crippen LogP contribution in [0.15, 0.2) is 54.2 Å². The Morgan fingerprint density at radius 2 is 1.94 bits per heavy atom. The molecule has 2 fully saturated rings. The third-order valence-corrected chi connectivity index (χ3v) is 7.04. The number of fused-ring (bicyclic) bond motifs is 1. The lowest BCUT2D eigenvalue weighted by Crippen LogP contribution is -2.22. The fourth-order valence-corrected chi connectivity index (χ4v) is 4.98. The molecule has 1 saturated carbocycles. The van der Waals surface area contributed by atoms with Crippen molar-refractivity contribution in [2.24, 2.45) is 0 Å². The van der Waals surface area contributed by atoms with Gasteiger partial charge in [-0.15, -0.1) is 0 Å². The van der Waals surface area contributed by atoms with Gasteiger partial charge >= 0.3 is 0 Å². The second-order valence-corrected chi connectivity index (χ2v) is 9.74. The molecule has 1 atom stereocenters. The summed E-state index contributed by atoms with van der Waals surface area (Å²) in [7, 11) is 0.